The molecular formula is C10H12N4. The number of imidazole rings is 2. The monoisotopic (exact) mass is 188 g/mol. The van der Waals surface area contributed by atoms with Crippen LogP contribution in [0.2, 0.25) is 0 Å². The molecule has 0 N–H and O–H groups in total. The second-order valence-corrected chi connectivity index (χ2v) is 3.76. The summed E-state index contributed by atoms with van der Waals surface area (Å²) in [5, 5.41) is 0. The fourth-order valence-electron chi connectivity index (χ4n) is 1.70. The lowest BCUT2D eigenvalue weighted by atomic mass is 10.4. The van der Waals surface area contributed by atoms with Crippen LogP contribution in [0.15, 0.2) is 31.2 Å². The zero-order chi connectivity index (χ0) is 9.38. The van der Waals surface area contributed by atoms with E-state index in [0.717, 1.165) is 6.54 Å². The summed E-state index contributed by atoms with van der Waals surface area (Å²) >= 11 is 0. The van der Waals surface area contributed by atoms with Crippen LogP contribution < -0.4 is 0 Å². The van der Waals surface area contributed by atoms with Crippen molar-refractivity contribution >= 4 is 0 Å². The average molecular weight is 188 g/mol. The molecule has 0 amide bonds. The Kier molecular flexibility index (Phi) is 1.65. The van der Waals surface area contributed by atoms with Crippen molar-refractivity contribution in [2.45, 2.75) is 25.4 Å². The van der Waals surface area contributed by atoms with Crippen LogP contribution in [0, 0.1) is 0 Å². The second-order valence-electron chi connectivity index (χ2n) is 3.76. The smallest absolute Gasteiger partial charge is 0.0951 e. The first-order valence-corrected chi connectivity index (χ1v) is 4.90. The molecule has 4 heteroatoms. The molecule has 0 aliphatic heterocycles. The molecule has 72 valence electrons. The van der Waals surface area contributed by atoms with E-state index in [1.807, 2.05) is 25.0 Å². The summed E-state index contributed by atoms with van der Waals surface area (Å²) in [4.78, 5) is 8.22. The zero-order valence-electron chi connectivity index (χ0n) is 7.87. The third-order valence-electron chi connectivity index (χ3n) is 2.59. The Morgan fingerprint density at radius 3 is 2.93 bits per heavy atom. The molecule has 0 radical (unpaired) electrons. The molecular weight excluding hydrogens is 176 g/mol. The van der Waals surface area contributed by atoms with Gasteiger partial charge in [-0.1, -0.05) is 0 Å². The van der Waals surface area contributed by atoms with Crippen molar-refractivity contribution in [2.75, 3.05) is 0 Å². The van der Waals surface area contributed by atoms with Crippen LogP contribution in [0.3, 0.4) is 0 Å². The summed E-state index contributed by atoms with van der Waals surface area (Å²) in [6.07, 6.45) is 12.1. The van der Waals surface area contributed by atoms with Crippen molar-refractivity contribution in [3.63, 3.8) is 0 Å². The van der Waals surface area contributed by atoms with Crippen molar-refractivity contribution in [2.24, 2.45) is 0 Å². The Hall–Kier alpha value is -1.58. The Balaban J connectivity index is 1.85. The van der Waals surface area contributed by atoms with E-state index in [2.05, 4.69) is 19.1 Å². The molecule has 0 unspecified atom stereocenters. The standard InChI is InChI=1S/C10H12N4/c1-2-9(1)14-8-12-5-10(14)6-13-4-3-11-7-13/h3-5,7-9H,1-2,6H2. The maximum Gasteiger partial charge on any atom is 0.0951 e. The molecule has 0 bridgehead atoms. The second kappa shape index (κ2) is 2.97. The topological polar surface area (TPSA) is 35.6 Å². The molecule has 0 saturated heterocycles. The Bertz CT molecular complexity index is 411. The van der Waals surface area contributed by atoms with E-state index in [1.165, 1.54) is 18.5 Å². The molecule has 0 spiro atoms. The van der Waals surface area contributed by atoms with Gasteiger partial charge in [-0.3, -0.25) is 0 Å². The lowest BCUT2D eigenvalue weighted by Gasteiger charge is -2.06. The van der Waals surface area contributed by atoms with Crippen molar-refractivity contribution < 1.29 is 0 Å². The SMILES string of the molecule is c1cn(Cc2cncn2C2CC2)cn1. The average Bonchev–Trinajstić information content (AvgIpc) is 2.74. The first-order valence-electron chi connectivity index (χ1n) is 4.90. The zero-order valence-corrected chi connectivity index (χ0v) is 7.87. The molecule has 14 heavy (non-hydrogen) atoms. The molecule has 3 rings (SSSR count). The number of nitrogens with zero attached hydrogens (tertiary/aromatic N) is 4. The molecule has 0 aromatic carbocycles. The first-order chi connectivity index (χ1) is 6.93. The number of rotatable bonds is 3. The predicted octanol–water partition coefficient (Wildman–Crippen LogP) is 1.46. The minimum absolute atomic E-state index is 0.705. The lowest BCUT2D eigenvalue weighted by molar-refractivity contribution is 0.656. The third kappa shape index (κ3) is 1.32. The summed E-state index contributed by atoms with van der Waals surface area (Å²) in [6, 6.07) is 0.705. The summed E-state index contributed by atoms with van der Waals surface area (Å²) in [7, 11) is 0. The van der Waals surface area contributed by atoms with Gasteiger partial charge in [0.1, 0.15) is 0 Å². The van der Waals surface area contributed by atoms with E-state index in [-0.39, 0.29) is 0 Å². The van der Waals surface area contributed by atoms with Gasteiger partial charge in [-0.2, -0.15) is 0 Å². The molecule has 1 fully saturated rings. The van der Waals surface area contributed by atoms with Gasteiger partial charge in [0, 0.05) is 24.6 Å². The molecule has 1 saturated carbocycles. The molecule has 2 aromatic rings. The Labute approximate surface area is 82.2 Å². The summed E-state index contributed by atoms with van der Waals surface area (Å²) < 4.78 is 4.34. The summed E-state index contributed by atoms with van der Waals surface area (Å²) in [5.74, 6) is 0. The minimum atomic E-state index is 0.705. The fourth-order valence-corrected chi connectivity index (χ4v) is 1.70. The molecule has 2 aromatic heterocycles. The van der Waals surface area contributed by atoms with Crippen molar-refractivity contribution in [3.05, 3.63) is 36.9 Å². The van der Waals surface area contributed by atoms with E-state index < -0.39 is 0 Å². The fraction of sp³-hybridized carbons (Fsp3) is 0.400. The number of aromatic nitrogens is 4. The van der Waals surface area contributed by atoms with Gasteiger partial charge in [0.25, 0.3) is 0 Å². The molecule has 2 heterocycles. The van der Waals surface area contributed by atoms with Crippen LogP contribution in [-0.2, 0) is 6.54 Å². The van der Waals surface area contributed by atoms with Crippen LogP contribution in [0.5, 0.6) is 0 Å². The minimum Gasteiger partial charge on any atom is -0.332 e. The number of hydrogen-bond acceptors (Lipinski definition) is 2. The van der Waals surface area contributed by atoms with Gasteiger partial charge in [-0.15, -0.1) is 0 Å². The first kappa shape index (κ1) is 7.79. The van der Waals surface area contributed by atoms with E-state index >= 15 is 0 Å². The highest BCUT2D eigenvalue weighted by atomic mass is 15.1. The van der Waals surface area contributed by atoms with E-state index in [1.54, 1.807) is 6.20 Å². The largest absolute Gasteiger partial charge is 0.332 e. The van der Waals surface area contributed by atoms with Crippen LogP contribution in [0.1, 0.15) is 24.6 Å². The van der Waals surface area contributed by atoms with Crippen molar-refractivity contribution in [1.29, 1.82) is 0 Å². The highest BCUT2D eigenvalue weighted by Crippen LogP contribution is 2.35. The summed E-state index contributed by atoms with van der Waals surface area (Å²) in [6.45, 7) is 0.872. The van der Waals surface area contributed by atoms with Crippen LogP contribution in [0.25, 0.3) is 0 Å². The lowest BCUT2D eigenvalue weighted by Crippen LogP contribution is -2.04. The number of hydrogen-bond donors (Lipinski definition) is 0. The van der Waals surface area contributed by atoms with Crippen LogP contribution in [-0.4, -0.2) is 19.1 Å². The van der Waals surface area contributed by atoms with Crippen molar-refractivity contribution in [3.8, 4) is 0 Å². The van der Waals surface area contributed by atoms with Gasteiger partial charge < -0.3 is 9.13 Å². The Morgan fingerprint density at radius 1 is 1.29 bits per heavy atom. The van der Waals surface area contributed by atoms with E-state index in [4.69, 9.17) is 0 Å². The molecule has 1 aliphatic rings. The quantitative estimate of drug-likeness (QED) is 0.731. The van der Waals surface area contributed by atoms with E-state index in [0.29, 0.717) is 6.04 Å². The van der Waals surface area contributed by atoms with Gasteiger partial charge in [-0.05, 0) is 12.8 Å². The maximum absolute atomic E-state index is 4.19. The highest BCUT2D eigenvalue weighted by molar-refractivity contribution is 5.04. The molecule has 4 nitrogen and oxygen atoms in total. The van der Waals surface area contributed by atoms with Gasteiger partial charge >= 0.3 is 0 Å². The van der Waals surface area contributed by atoms with E-state index in [9.17, 15) is 0 Å². The highest BCUT2D eigenvalue weighted by Gasteiger charge is 2.24. The van der Waals surface area contributed by atoms with Gasteiger partial charge in [0.15, 0.2) is 0 Å². The van der Waals surface area contributed by atoms with Gasteiger partial charge in [-0.25, -0.2) is 9.97 Å². The normalized spacial score (nSPS) is 16.0. The predicted molar refractivity (Wildman–Crippen MR) is 51.8 cm³/mol. The molecule has 0 atom stereocenters. The van der Waals surface area contributed by atoms with Crippen LogP contribution >= 0.6 is 0 Å². The Morgan fingerprint density at radius 2 is 2.21 bits per heavy atom. The summed E-state index contributed by atoms with van der Waals surface area (Å²) in [5.41, 5.74) is 1.27. The van der Waals surface area contributed by atoms with Gasteiger partial charge in [0.05, 0.1) is 24.9 Å². The third-order valence-corrected chi connectivity index (χ3v) is 2.59. The maximum atomic E-state index is 4.19. The van der Waals surface area contributed by atoms with Gasteiger partial charge in [0.2, 0.25) is 0 Å². The van der Waals surface area contributed by atoms with Crippen LogP contribution in [0.4, 0.5) is 0 Å². The molecule has 1 aliphatic carbocycles. The van der Waals surface area contributed by atoms with Crippen molar-refractivity contribution in [1.82, 2.24) is 19.1 Å².